The van der Waals surface area contributed by atoms with Crippen LogP contribution in [0.3, 0.4) is 0 Å². The average molecular weight is 879 g/mol. The van der Waals surface area contributed by atoms with E-state index < -0.39 is 0 Å². The Kier molecular flexibility index (Phi) is 21.2. The first-order chi connectivity index (χ1) is 31.1. The Labute approximate surface area is 381 Å². The van der Waals surface area contributed by atoms with Crippen LogP contribution in [-0.2, 0) is 35.9 Å². The Morgan fingerprint density at radius 3 is 1.44 bits per heavy atom. The maximum absolute atomic E-state index is 12.7. The fourth-order valence-corrected chi connectivity index (χ4v) is 7.95. The molecular formula is C52H74N6O6. The molecule has 2 saturated heterocycles. The van der Waals surface area contributed by atoms with Crippen molar-refractivity contribution in [3.8, 4) is 11.5 Å². The second kappa shape index (κ2) is 27.2. The first-order valence-electron chi connectivity index (χ1n) is 23.9. The lowest BCUT2D eigenvalue weighted by Gasteiger charge is -2.35. The summed E-state index contributed by atoms with van der Waals surface area (Å²) >= 11 is 0. The van der Waals surface area contributed by atoms with Crippen molar-refractivity contribution in [3.05, 3.63) is 129 Å². The molecule has 2 atom stereocenters. The Morgan fingerprint density at radius 1 is 0.516 bits per heavy atom. The van der Waals surface area contributed by atoms with Crippen LogP contribution in [0, 0.1) is 11.8 Å². The number of piperazine rings is 2. The van der Waals surface area contributed by atoms with E-state index in [4.69, 9.17) is 9.47 Å². The van der Waals surface area contributed by atoms with E-state index in [9.17, 15) is 19.2 Å². The van der Waals surface area contributed by atoms with Crippen LogP contribution in [0.4, 0.5) is 0 Å². The van der Waals surface area contributed by atoms with Crippen molar-refractivity contribution in [1.82, 2.24) is 28.7 Å². The van der Waals surface area contributed by atoms with Gasteiger partial charge in [0.05, 0.1) is 0 Å². The summed E-state index contributed by atoms with van der Waals surface area (Å²) in [5.41, 5.74) is 1.78. The molecule has 2 unspecified atom stereocenters. The lowest BCUT2D eigenvalue weighted by Crippen LogP contribution is -2.50. The smallest absolute Gasteiger partial charge is 0.292 e. The van der Waals surface area contributed by atoms with Crippen LogP contribution in [0.2, 0.25) is 0 Å². The second-order valence-electron chi connectivity index (χ2n) is 17.5. The van der Waals surface area contributed by atoms with E-state index in [0.29, 0.717) is 64.0 Å². The third-order valence-electron chi connectivity index (χ3n) is 12.8. The molecule has 12 nitrogen and oxygen atoms in total. The summed E-state index contributed by atoms with van der Waals surface area (Å²) in [6.45, 7) is 19.9. The number of carbonyl (C=O) groups excluding carboxylic acids is 2. The summed E-state index contributed by atoms with van der Waals surface area (Å²) in [6, 6.07) is 26.7. The highest BCUT2D eigenvalue weighted by atomic mass is 16.5. The third kappa shape index (κ3) is 16.7. The molecule has 4 aromatic rings. The van der Waals surface area contributed by atoms with Crippen molar-refractivity contribution in [1.29, 1.82) is 0 Å². The van der Waals surface area contributed by atoms with Gasteiger partial charge in [0.1, 0.15) is 13.2 Å². The van der Waals surface area contributed by atoms with Gasteiger partial charge in [0.2, 0.25) is 11.8 Å². The summed E-state index contributed by atoms with van der Waals surface area (Å²) < 4.78 is 14.8. The molecule has 348 valence electrons. The Hall–Kier alpha value is -5.20. The quantitative estimate of drug-likeness (QED) is 0.0796. The number of ether oxygens (including phenoxy) is 2. The van der Waals surface area contributed by atoms with Crippen LogP contribution in [0.15, 0.2) is 107 Å². The van der Waals surface area contributed by atoms with Crippen LogP contribution in [0.1, 0.15) is 90.2 Å². The van der Waals surface area contributed by atoms with E-state index in [0.717, 1.165) is 62.5 Å². The fraction of sp³-hybridized carbons (Fsp3) is 0.538. The summed E-state index contributed by atoms with van der Waals surface area (Å²) in [4.78, 5) is 59.3. The lowest BCUT2D eigenvalue weighted by molar-refractivity contribution is -0.139. The monoisotopic (exact) mass is 879 g/mol. The molecule has 2 fully saturated rings. The molecule has 64 heavy (non-hydrogen) atoms. The predicted octanol–water partition coefficient (Wildman–Crippen LogP) is 7.58. The molecule has 2 aliphatic heterocycles. The molecule has 0 N–H and O–H groups in total. The maximum atomic E-state index is 12.7. The molecule has 0 spiro atoms. The van der Waals surface area contributed by atoms with E-state index >= 15 is 0 Å². The number of benzene rings is 2. The molecular weight excluding hydrogens is 805 g/mol. The first kappa shape index (κ1) is 49.8. The number of amides is 2. The zero-order valence-corrected chi connectivity index (χ0v) is 39.1. The maximum Gasteiger partial charge on any atom is 0.292 e. The summed E-state index contributed by atoms with van der Waals surface area (Å²) in [6.07, 6.45) is 11.3. The number of pyridine rings is 2. The molecule has 0 aliphatic carbocycles. The topological polar surface area (TPSA) is 110 Å². The van der Waals surface area contributed by atoms with E-state index in [1.54, 1.807) is 33.9 Å². The average Bonchev–Trinajstić information content (AvgIpc) is 3.33. The van der Waals surface area contributed by atoms with Gasteiger partial charge in [-0.1, -0.05) is 101 Å². The van der Waals surface area contributed by atoms with E-state index in [-0.39, 0.29) is 35.1 Å². The van der Waals surface area contributed by atoms with E-state index in [1.165, 1.54) is 43.5 Å². The van der Waals surface area contributed by atoms with Crippen molar-refractivity contribution < 1.29 is 19.1 Å². The number of nitrogens with zero attached hydrogens (tertiary/aromatic N) is 6. The van der Waals surface area contributed by atoms with Crippen molar-refractivity contribution in [3.63, 3.8) is 0 Å². The second-order valence-corrected chi connectivity index (χ2v) is 17.5. The molecule has 4 heterocycles. The molecule has 0 bridgehead atoms. The molecule has 0 radical (unpaired) electrons. The highest BCUT2D eigenvalue weighted by Gasteiger charge is 2.24. The van der Waals surface area contributed by atoms with Crippen molar-refractivity contribution in [2.75, 3.05) is 65.4 Å². The minimum absolute atomic E-state index is 0.00390. The number of aryl methyl sites for hydroxylation is 2. The van der Waals surface area contributed by atoms with Gasteiger partial charge in [-0.3, -0.25) is 19.2 Å². The molecule has 2 aliphatic rings. The van der Waals surface area contributed by atoms with Crippen LogP contribution in [0.25, 0.3) is 0 Å². The van der Waals surface area contributed by atoms with Gasteiger partial charge in [-0.05, 0) is 86.0 Å². The third-order valence-corrected chi connectivity index (χ3v) is 12.8. The normalized spacial score (nSPS) is 15.5. The van der Waals surface area contributed by atoms with Gasteiger partial charge < -0.3 is 38.2 Å². The fourth-order valence-electron chi connectivity index (χ4n) is 7.95. The van der Waals surface area contributed by atoms with Gasteiger partial charge in [-0.2, -0.15) is 0 Å². The molecule has 12 heteroatoms. The van der Waals surface area contributed by atoms with Crippen molar-refractivity contribution in [2.45, 2.75) is 105 Å². The standard InChI is InChI=1S/C26H35N3O4.C26H39N3O2/c1-3-21(2)11-12-24(30)27-16-18-28(19-17-27)25(31)13-15-29-14-7-10-23(26(29)32)33-20-22-8-5-4-6-9-22;1-3-23(2)10-7-14-27-18-20-28(21-19-27)15-9-17-29-16-8-13-25(26(29)30)31-22-24-11-5-4-6-12-24/h4-10,14,21H,3,11-13,15-20H2,1-2H3;4-6,8,11-13,16,23H,3,7,9-10,14-15,17-22H2,1-2H3. The molecule has 2 aromatic carbocycles. The number of aromatic nitrogens is 2. The zero-order valence-electron chi connectivity index (χ0n) is 39.1. The SMILES string of the molecule is CCC(C)CCC(=O)N1CCN(C(=O)CCn2cccc(OCc3ccccc3)c2=O)CC1.CCC(C)CCCN1CCN(CCCn2cccc(OCc3ccccc3)c2=O)CC1. The van der Waals surface area contributed by atoms with Gasteiger partial charge in [0, 0.05) is 90.7 Å². The number of rotatable bonds is 22. The van der Waals surface area contributed by atoms with Crippen LogP contribution >= 0.6 is 0 Å². The molecule has 6 rings (SSSR count). The first-order valence-corrected chi connectivity index (χ1v) is 23.9. The minimum Gasteiger partial charge on any atom is -0.483 e. The minimum atomic E-state index is -0.238. The number of hydrogen-bond donors (Lipinski definition) is 0. The Morgan fingerprint density at radius 2 is 0.953 bits per heavy atom. The molecule has 2 aromatic heterocycles. The summed E-state index contributed by atoms with van der Waals surface area (Å²) in [5.74, 6) is 2.30. The highest BCUT2D eigenvalue weighted by molar-refractivity contribution is 5.78. The number of carbonyl (C=O) groups is 2. The predicted molar refractivity (Wildman–Crippen MR) is 256 cm³/mol. The highest BCUT2D eigenvalue weighted by Crippen LogP contribution is 2.15. The lowest BCUT2D eigenvalue weighted by atomic mass is 10.0. The van der Waals surface area contributed by atoms with Crippen LogP contribution in [0.5, 0.6) is 11.5 Å². The number of hydrogen-bond acceptors (Lipinski definition) is 8. The van der Waals surface area contributed by atoms with Crippen LogP contribution in [-0.4, -0.2) is 106 Å². The Balaban J connectivity index is 0.000000241. The largest absolute Gasteiger partial charge is 0.483 e. The summed E-state index contributed by atoms with van der Waals surface area (Å²) in [5, 5.41) is 0. The van der Waals surface area contributed by atoms with Crippen LogP contribution < -0.4 is 20.6 Å². The summed E-state index contributed by atoms with van der Waals surface area (Å²) in [7, 11) is 0. The van der Waals surface area contributed by atoms with Gasteiger partial charge in [-0.15, -0.1) is 0 Å². The van der Waals surface area contributed by atoms with Crippen molar-refractivity contribution in [2.24, 2.45) is 11.8 Å². The van der Waals surface area contributed by atoms with Gasteiger partial charge >= 0.3 is 0 Å². The van der Waals surface area contributed by atoms with E-state index in [1.807, 2.05) is 77.8 Å². The van der Waals surface area contributed by atoms with Crippen molar-refractivity contribution >= 4 is 11.8 Å². The van der Waals surface area contributed by atoms with Gasteiger partial charge in [0.25, 0.3) is 11.1 Å². The van der Waals surface area contributed by atoms with Gasteiger partial charge in [-0.25, -0.2) is 0 Å². The molecule has 0 saturated carbocycles. The van der Waals surface area contributed by atoms with E-state index in [2.05, 4.69) is 37.5 Å². The zero-order chi connectivity index (χ0) is 45.5. The van der Waals surface area contributed by atoms with Gasteiger partial charge in [0.15, 0.2) is 11.5 Å². The Bertz CT molecular complexity index is 2080. The molecule has 2 amide bonds.